The summed E-state index contributed by atoms with van der Waals surface area (Å²) >= 11 is 5.92. The predicted molar refractivity (Wildman–Crippen MR) is 107 cm³/mol. The zero-order valence-corrected chi connectivity index (χ0v) is 16.9. The van der Waals surface area contributed by atoms with Gasteiger partial charge in [0.15, 0.2) is 5.22 Å². The highest BCUT2D eigenvalue weighted by molar-refractivity contribution is 6.28. The second-order valence-electron chi connectivity index (χ2n) is 7.67. The van der Waals surface area contributed by atoms with E-state index in [4.69, 9.17) is 20.8 Å². The number of carbonyl (C=O) groups excluding carboxylic acids is 1. The summed E-state index contributed by atoms with van der Waals surface area (Å²) in [6.07, 6.45) is 1.72. The monoisotopic (exact) mass is 404 g/mol. The van der Waals surface area contributed by atoms with Crippen LogP contribution < -0.4 is 4.90 Å². The molecule has 2 bridgehead atoms. The van der Waals surface area contributed by atoms with Gasteiger partial charge in [-0.1, -0.05) is 0 Å². The number of ether oxygens (including phenoxy) is 1. The number of halogens is 1. The number of hydrogen-bond acceptors (Lipinski definition) is 6. The zero-order valence-electron chi connectivity index (χ0n) is 16.2. The van der Waals surface area contributed by atoms with Gasteiger partial charge in [-0.15, -0.1) is 0 Å². The van der Waals surface area contributed by atoms with E-state index < -0.39 is 0 Å². The number of anilines is 1. The molecule has 2 saturated heterocycles. The normalized spacial score (nSPS) is 22.8. The Morgan fingerprint density at radius 2 is 2.11 bits per heavy atom. The summed E-state index contributed by atoms with van der Waals surface area (Å²) in [5.41, 5.74) is 0.637. The zero-order chi connectivity index (χ0) is 19.7. The van der Waals surface area contributed by atoms with Crippen LogP contribution in [0, 0.1) is 5.92 Å². The van der Waals surface area contributed by atoms with Crippen LogP contribution in [-0.2, 0) is 11.3 Å². The first-order valence-electron chi connectivity index (χ1n) is 9.49. The molecule has 0 aromatic carbocycles. The average Bonchev–Trinajstić information content (AvgIpc) is 2.88. The SMILES string of the molecule is CN(C)c1ncccc1C(=O)N1C[C@@H]2COC[C@H](C1)N(Cc1ccc(Cl)o1)C2. The van der Waals surface area contributed by atoms with E-state index in [-0.39, 0.29) is 17.9 Å². The van der Waals surface area contributed by atoms with Crippen LogP contribution in [0.2, 0.25) is 5.22 Å². The number of rotatable bonds is 4. The van der Waals surface area contributed by atoms with Crippen molar-refractivity contribution >= 4 is 23.3 Å². The lowest BCUT2D eigenvalue weighted by Gasteiger charge is -2.31. The Kier molecular flexibility index (Phi) is 5.57. The van der Waals surface area contributed by atoms with Gasteiger partial charge in [-0.05, 0) is 35.9 Å². The van der Waals surface area contributed by atoms with Crippen LogP contribution in [0.25, 0.3) is 0 Å². The van der Waals surface area contributed by atoms with Crippen molar-refractivity contribution in [1.82, 2.24) is 14.8 Å². The summed E-state index contributed by atoms with van der Waals surface area (Å²) in [7, 11) is 3.81. The fraction of sp³-hybridized carbons (Fsp3) is 0.500. The minimum absolute atomic E-state index is 0.0246. The molecular weight excluding hydrogens is 380 g/mol. The van der Waals surface area contributed by atoms with Gasteiger partial charge in [0.05, 0.1) is 31.4 Å². The molecule has 8 heteroatoms. The highest BCUT2D eigenvalue weighted by Crippen LogP contribution is 2.25. The number of amides is 1. The van der Waals surface area contributed by atoms with E-state index in [2.05, 4.69) is 9.88 Å². The van der Waals surface area contributed by atoms with Gasteiger partial charge in [0, 0.05) is 45.8 Å². The first kappa shape index (κ1) is 19.2. The second-order valence-corrected chi connectivity index (χ2v) is 8.04. The van der Waals surface area contributed by atoms with Gasteiger partial charge >= 0.3 is 0 Å². The standard InChI is InChI=1S/C20H25ClN4O3/c1-23(2)19-17(4-3-7-22-19)20(26)25-9-14-8-24(15(10-25)13-27-12-14)11-16-5-6-18(21)28-16/h3-7,14-15H,8-13H2,1-2H3/t14-,15+/m1/s1. The van der Waals surface area contributed by atoms with Crippen molar-refractivity contribution in [2.45, 2.75) is 12.6 Å². The molecule has 0 N–H and O–H groups in total. The number of hydrogen-bond donors (Lipinski definition) is 0. The molecule has 2 atom stereocenters. The number of furan rings is 1. The molecule has 2 aromatic heterocycles. The minimum Gasteiger partial charge on any atom is -0.448 e. The molecule has 150 valence electrons. The molecule has 28 heavy (non-hydrogen) atoms. The van der Waals surface area contributed by atoms with Crippen molar-refractivity contribution in [3.05, 3.63) is 47.0 Å². The third-order valence-corrected chi connectivity index (χ3v) is 5.50. The number of fused-ring (bicyclic) bond motifs is 3. The Hall–Kier alpha value is -2.09. The topological polar surface area (TPSA) is 62.1 Å². The van der Waals surface area contributed by atoms with Crippen LogP contribution in [0.5, 0.6) is 0 Å². The van der Waals surface area contributed by atoms with Gasteiger partial charge in [-0.2, -0.15) is 0 Å². The second kappa shape index (κ2) is 8.11. The summed E-state index contributed by atoms with van der Waals surface area (Å²) in [4.78, 5) is 23.9. The van der Waals surface area contributed by atoms with E-state index in [0.717, 1.165) is 12.3 Å². The molecule has 2 aliphatic rings. The Balaban J connectivity index is 1.55. The summed E-state index contributed by atoms with van der Waals surface area (Å²) in [5, 5.41) is 0.397. The average molecular weight is 405 g/mol. The van der Waals surface area contributed by atoms with E-state index in [9.17, 15) is 4.79 Å². The van der Waals surface area contributed by atoms with E-state index in [1.807, 2.05) is 42.1 Å². The Morgan fingerprint density at radius 1 is 1.25 bits per heavy atom. The molecule has 4 rings (SSSR count). The van der Waals surface area contributed by atoms with E-state index in [1.54, 1.807) is 12.3 Å². The van der Waals surface area contributed by atoms with Crippen LogP contribution in [0.15, 0.2) is 34.9 Å². The molecule has 1 amide bonds. The molecular formula is C20H25ClN4O3. The summed E-state index contributed by atoms with van der Waals surface area (Å²) in [6, 6.07) is 7.44. The van der Waals surface area contributed by atoms with Crippen molar-refractivity contribution in [3.63, 3.8) is 0 Å². The van der Waals surface area contributed by atoms with Crippen LogP contribution in [-0.4, -0.2) is 73.7 Å². The molecule has 7 nitrogen and oxygen atoms in total. The molecule has 0 unspecified atom stereocenters. The van der Waals surface area contributed by atoms with Gasteiger partial charge in [0.1, 0.15) is 11.6 Å². The molecule has 4 heterocycles. The molecule has 0 spiro atoms. The Bertz CT molecular complexity index is 840. The smallest absolute Gasteiger partial charge is 0.257 e. The van der Waals surface area contributed by atoms with Crippen LogP contribution in [0.3, 0.4) is 0 Å². The minimum atomic E-state index is 0.0246. The van der Waals surface area contributed by atoms with Crippen molar-refractivity contribution in [2.24, 2.45) is 5.92 Å². The van der Waals surface area contributed by atoms with Crippen molar-refractivity contribution < 1.29 is 13.9 Å². The molecule has 2 aromatic rings. The molecule has 2 aliphatic heterocycles. The number of pyridine rings is 1. The van der Waals surface area contributed by atoms with Crippen LogP contribution in [0.1, 0.15) is 16.1 Å². The maximum absolute atomic E-state index is 13.3. The Morgan fingerprint density at radius 3 is 2.86 bits per heavy atom. The first-order chi connectivity index (χ1) is 13.5. The van der Waals surface area contributed by atoms with Crippen molar-refractivity contribution in [1.29, 1.82) is 0 Å². The largest absolute Gasteiger partial charge is 0.448 e. The highest BCUT2D eigenvalue weighted by atomic mass is 35.5. The van der Waals surface area contributed by atoms with E-state index in [0.29, 0.717) is 49.4 Å². The lowest BCUT2D eigenvalue weighted by molar-refractivity contribution is 0.0400. The quantitative estimate of drug-likeness (QED) is 0.779. The van der Waals surface area contributed by atoms with E-state index in [1.165, 1.54) is 0 Å². The fourth-order valence-corrected chi connectivity index (χ4v) is 4.18. The molecule has 0 aliphatic carbocycles. The number of nitrogens with zero attached hydrogens (tertiary/aromatic N) is 4. The fourth-order valence-electron chi connectivity index (χ4n) is 4.02. The van der Waals surface area contributed by atoms with Crippen molar-refractivity contribution in [2.75, 3.05) is 51.8 Å². The van der Waals surface area contributed by atoms with Crippen LogP contribution in [0.4, 0.5) is 5.82 Å². The lowest BCUT2D eigenvalue weighted by Crippen LogP contribution is -2.45. The Labute approximate surface area is 169 Å². The highest BCUT2D eigenvalue weighted by Gasteiger charge is 2.36. The van der Waals surface area contributed by atoms with Gasteiger partial charge in [-0.25, -0.2) is 4.98 Å². The molecule has 0 radical (unpaired) electrons. The van der Waals surface area contributed by atoms with Gasteiger partial charge in [0.25, 0.3) is 5.91 Å². The summed E-state index contributed by atoms with van der Waals surface area (Å²) in [6.45, 7) is 4.07. The third kappa shape index (κ3) is 4.01. The third-order valence-electron chi connectivity index (χ3n) is 5.30. The first-order valence-corrected chi connectivity index (χ1v) is 9.86. The number of carbonyl (C=O) groups is 1. The van der Waals surface area contributed by atoms with Gasteiger partial charge in [-0.3, -0.25) is 9.69 Å². The lowest BCUT2D eigenvalue weighted by atomic mass is 10.1. The maximum Gasteiger partial charge on any atom is 0.257 e. The van der Waals surface area contributed by atoms with E-state index >= 15 is 0 Å². The van der Waals surface area contributed by atoms with Gasteiger partial charge in [0.2, 0.25) is 0 Å². The van der Waals surface area contributed by atoms with Crippen LogP contribution >= 0.6 is 11.6 Å². The van der Waals surface area contributed by atoms with Gasteiger partial charge < -0.3 is 19.0 Å². The molecule has 2 fully saturated rings. The summed E-state index contributed by atoms with van der Waals surface area (Å²) < 4.78 is 11.4. The van der Waals surface area contributed by atoms with Crippen molar-refractivity contribution in [3.8, 4) is 0 Å². The predicted octanol–water partition coefficient (Wildman–Crippen LogP) is 2.37. The maximum atomic E-state index is 13.3. The number of aromatic nitrogens is 1. The molecule has 0 saturated carbocycles. The summed E-state index contributed by atoms with van der Waals surface area (Å²) in [5.74, 6) is 1.80.